The topological polar surface area (TPSA) is 0 Å². The highest BCUT2D eigenvalue weighted by atomic mass is 32.1. The molecule has 0 fully saturated rings. The van der Waals surface area contributed by atoms with E-state index in [2.05, 4.69) is 32.8 Å². The van der Waals surface area contributed by atoms with Crippen molar-refractivity contribution in [2.75, 3.05) is 0 Å². The van der Waals surface area contributed by atoms with Crippen LogP contribution in [0.5, 0.6) is 0 Å². The van der Waals surface area contributed by atoms with Gasteiger partial charge in [-0.25, -0.2) is 0 Å². The van der Waals surface area contributed by atoms with Crippen LogP contribution in [0, 0.1) is 19.3 Å². The Morgan fingerprint density at radius 3 is 2.45 bits per heavy atom. The van der Waals surface area contributed by atoms with Crippen molar-refractivity contribution in [1.29, 1.82) is 0 Å². The molecule has 0 spiro atoms. The third kappa shape index (κ3) is 1.64. The van der Waals surface area contributed by atoms with Crippen LogP contribution < -0.4 is 0 Å². The Balaban J connectivity index is 3.09. The molecule has 0 aliphatic heterocycles. The summed E-state index contributed by atoms with van der Waals surface area (Å²) in [6, 6.07) is 2.12. The minimum absolute atomic E-state index is 0.591. The van der Waals surface area contributed by atoms with Crippen molar-refractivity contribution in [3.05, 3.63) is 21.4 Å². The van der Waals surface area contributed by atoms with Gasteiger partial charge in [-0.1, -0.05) is 19.8 Å². The summed E-state index contributed by atoms with van der Waals surface area (Å²) in [6.45, 7) is 6.51. The minimum atomic E-state index is 0.591. The largest absolute Gasteiger partial charge is 0.132 e. The van der Waals surface area contributed by atoms with Crippen LogP contribution in [0.25, 0.3) is 0 Å². The molecule has 0 saturated heterocycles. The summed E-state index contributed by atoms with van der Waals surface area (Å²) in [5.74, 6) is 3.25. The third-order valence-corrected chi connectivity index (χ3v) is 2.72. The molecule has 0 aromatic carbocycles. The highest BCUT2D eigenvalue weighted by molar-refractivity contribution is 7.12. The predicted molar refractivity (Wildman–Crippen MR) is 51.1 cm³/mol. The van der Waals surface area contributed by atoms with Gasteiger partial charge in [-0.3, -0.25) is 0 Å². The van der Waals surface area contributed by atoms with Crippen molar-refractivity contribution in [2.24, 2.45) is 0 Å². The molecule has 1 heterocycles. The van der Waals surface area contributed by atoms with Crippen molar-refractivity contribution in [3.63, 3.8) is 0 Å². The van der Waals surface area contributed by atoms with E-state index in [1.165, 1.54) is 10.4 Å². The number of hydrogen-bond donors (Lipinski definition) is 0. The Morgan fingerprint density at radius 2 is 2.18 bits per heavy atom. The first-order valence-corrected chi connectivity index (χ1v) is 4.53. The summed E-state index contributed by atoms with van der Waals surface area (Å²) < 4.78 is 0. The smallest absolute Gasteiger partial charge is 0.0771 e. The van der Waals surface area contributed by atoms with Crippen molar-refractivity contribution >= 4 is 11.3 Å². The zero-order valence-electron chi connectivity index (χ0n) is 7.14. The van der Waals surface area contributed by atoms with Gasteiger partial charge < -0.3 is 0 Å². The van der Waals surface area contributed by atoms with Crippen molar-refractivity contribution in [1.82, 2.24) is 0 Å². The van der Waals surface area contributed by atoms with Gasteiger partial charge in [-0.05, 0) is 24.5 Å². The van der Waals surface area contributed by atoms with Crippen LogP contribution in [0.2, 0.25) is 0 Å². The predicted octanol–water partition coefficient (Wildman–Crippen LogP) is 3.16. The zero-order valence-corrected chi connectivity index (χ0v) is 7.96. The van der Waals surface area contributed by atoms with Gasteiger partial charge in [0.15, 0.2) is 0 Å². The van der Waals surface area contributed by atoms with E-state index in [1.807, 2.05) is 0 Å². The molecular weight excluding hydrogens is 152 g/mol. The molecule has 1 rings (SSSR count). The molecule has 1 aromatic heterocycles. The maximum absolute atomic E-state index is 5.29. The highest BCUT2D eigenvalue weighted by Crippen LogP contribution is 2.26. The molecule has 1 heteroatoms. The third-order valence-electron chi connectivity index (χ3n) is 1.72. The van der Waals surface area contributed by atoms with E-state index < -0.39 is 0 Å². The maximum Gasteiger partial charge on any atom is 0.0771 e. The molecule has 0 aliphatic rings. The quantitative estimate of drug-likeness (QED) is 0.559. The lowest BCUT2D eigenvalue weighted by molar-refractivity contribution is 0.864. The van der Waals surface area contributed by atoms with Crippen LogP contribution in [0.4, 0.5) is 0 Å². The summed E-state index contributed by atoms with van der Waals surface area (Å²) >= 11 is 1.71. The Bertz CT molecular complexity index is 286. The first kappa shape index (κ1) is 8.36. The van der Waals surface area contributed by atoms with Gasteiger partial charge in [-0.2, -0.15) is 0 Å². The monoisotopic (exact) mass is 164 g/mol. The van der Waals surface area contributed by atoms with Crippen LogP contribution in [-0.2, 0) is 0 Å². The second-order valence-electron chi connectivity index (χ2n) is 2.92. The van der Waals surface area contributed by atoms with Crippen LogP contribution in [0.3, 0.4) is 0 Å². The van der Waals surface area contributed by atoms with E-state index in [9.17, 15) is 0 Å². The van der Waals surface area contributed by atoms with Gasteiger partial charge in [-0.15, -0.1) is 17.8 Å². The van der Waals surface area contributed by atoms with Gasteiger partial charge in [0.1, 0.15) is 0 Å². The lowest BCUT2D eigenvalue weighted by Gasteiger charge is -2.00. The Hall–Kier alpha value is -0.740. The second kappa shape index (κ2) is 3.11. The molecular formula is C10H12S. The number of thiophene rings is 1. The Morgan fingerprint density at radius 1 is 1.55 bits per heavy atom. The molecule has 0 radical (unpaired) electrons. The number of aryl methyl sites for hydroxylation is 1. The van der Waals surface area contributed by atoms with Gasteiger partial charge in [0, 0.05) is 4.88 Å². The summed E-state index contributed by atoms with van der Waals surface area (Å²) in [4.78, 5) is 2.40. The van der Waals surface area contributed by atoms with Crippen LogP contribution in [0.1, 0.15) is 35.1 Å². The Kier molecular flexibility index (Phi) is 2.36. The molecule has 0 atom stereocenters. The molecule has 0 nitrogen and oxygen atoms in total. The van der Waals surface area contributed by atoms with Crippen molar-refractivity contribution in [3.8, 4) is 12.3 Å². The Labute approximate surface area is 72.3 Å². The summed E-state index contributed by atoms with van der Waals surface area (Å²) in [7, 11) is 0. The first-order chi connectivity index (χ1) is 5.15. The lowest BCUT2D eigenvalue weighted by Crippen LogP contribution is -1.84. The molecule has 0 saturated carbocycles. The van der Waals surface area contributed by atoms with E-state index in [4.69, 9.17) is 6.42 Å². The van der Waals surface area contributed by atoms with Gasteiger partial charge in [0.25, 0.3) is 0 Å². The van der Waals surface area contributed by atoms with E-state index in [0.29, 0.717) is 5.92 Å². The molecule has 0 unspecified atom stereocenters. The SMILES string of the molecule is C#Cc1cc(C(C)C)c(C)s1. The fourth-order valence-electron chi connectivity index (χ4n) is 1.14. The average molecular weight is 164 g/mol. The molecule has 1 aromatic rings. The second-order valence-corrected chi connectivity index (χ2v) is 4.18. The average Bonchev–Trinajstić information content (AvgIpc) is 2.30. The number of terminal acetylenes is 1. The van der Waals surface area contributed by atoms with E-state index >= 15 is 0 Å². The molecule has 58 valence electrons. The van der Waals surface area contributed by atoms with Gasteiger partial charge >= 0.3 is 0 Å². The van der Waals surface area contributed by atoms with Gasteiger partial charge in [0.2, 0.25) is 0 Å². The van der Waals surface area contributed by atoms with E-state index in [1.54, 1.807) is 11.3 Å². The molecule has 11 heavy (non-hydrogen) atoms. The zero-order chi connectivity index (χ0) is 8.43. The van der Waals surface area contributed by atoms with Crippen LogP contribution >= 0.6 is 11.3 Å². The maximum atomic E-state index is 5.29. The molecule has 0 bridgehead atoms. The van der Waals surface area contributed by atoms with Crippen molar-refractivity contribution in [2.45, 2.75) is 26.7 Å². The fourth-order valence-corrected chi connectivity index (χ4v) is 2.13. The van der Waals surface area contributed by atoms with E-state index in [-0.39, 0.29) is 0 Å². The first-order valence-electron chi connectivity index (χ1n) is 3.72. The van der Waals surface area contributed by atoms with Crippen LogP contribution in [0.15, 0.2) is 6.07 Å². The van der Waals surface area contributed by atoms with Crippen LogP contribution in [-0.4, -0.2) is 0 Å². The minimum Gasteiger partial charge on any atom is -0.132 e. The van der Waals surface area contributed by atoms with Gasteiger partial charge in [0.05, 0.1) is 4.88 Å². The number of hydrogen-bond acceptors (Lipinski definition) is 1. The standard InChI is InChI=1S/C10H12S/c1-5-9-6-10(7(2)3)8(4)11-9/h1,6-7H,2-4H3. The van der Waals surface area contributed by atoms with E-state index in [0.717, 1.165) is 4.88 Å². The summed E-state index contributed by atoms with van der Waals surface area (Å²) in [5.41, 5.74) is 1.39. The normalized spacial score (nSPS) is 10.1. The highest BCUT2D eigenvalue weighted by Gasteiger charge is 2.06. The number of rotatable bonds is 1. The summed E-state index contributed by atoms with van der Waals surface area (Å²) in [6.07, 6.45) is 5.29. The molecule has 0 N–H and O–H groups in total. The fraction of sp³-hybridized carbons (Fsp3) is 0.400. The molecule has 0 amide bonds. The summed E-state index contributed by atoms with van der Waals surface area (Å²) in [5, 5.41) is 0. The van der Waals surface area contributed by atoms with Crippen molar-refractivity contribution < 1.29 is 0 Å². The molecule has 0 aliphatic carbocycles. The lowest BCUT2D eigenvalue weighted by atomic mass is 10.0.